The van der Waals surface area contributed by atoms with Crippen molar-refractivity contribution in [3.05, 3.63) is 202 Å². The Labute approximate surface area is 905 Å². The van der Waals surface area contributed by atoms with Crippen molar-refractivity contribution < 1.29 is 406 Å². The fourth-order valence-electron chi connectivity index (χ4n) is 8.60. The highest BCUT2D eigenvalue weighted by Gasteiger charge is 2.38. The zero-order valence-electron chi connectivity index (χ0n) is 251. The predicted octanol–water partition coefficient (Wildman–Crippen LogP) is 42.0. The lowest BCUT2D eigenvalue weighted by Gasteiger charge is -2.19. The van der Waals surface area contributed by atoms with Gasteiger partial charge in [0, 0.05) is 391 Å². The number of amides is 1. The summed E-state index contributed by atoms with van der Waals surface area (Å²) in [5, 5.41) is 47.9. The number of aliphatic carboxylic acids is 1. The number of fused-ring (bicyclic) bond motifs is 6. The van der Waals surface area contributed by atoms with E-state index in [1.807, 2.05) is 45.9 Å². The first-order valence-corrected chi connectivity index (χ1v) is 29.8. The first-order chi connectivity index (χ1) is 148. The monoisotopic (exact) mass is 1970 g/mol. The van der Waals surface area contributed by atoms with E-state index < -0.39 is 88.9 Å². The molecule has 2 aliphatic rings. The largest absolute Gasteiger partial charge is 0.481 e. The van der Waals surface area contributed by atoms with Crippen LogP contribution >= 0.6 is 11.6 Å². The topological polar surface area (TPSA) is 402 Å². The van der Waals surface area contributed by atoms with Crippen molar-refractivity contribution >= 4 is 96.3 Å². The van der Waals surface area contributed by atoms with Crippen LogP contribution in [-0.4, -0.2) is 109 Å². The number of nitrogens with zero attached hydrogens (tertiary/aromatic N) is 10. The number of pyridine rings is 7. The Balaban J connectivity index is -0.0000000157. The molecule has 14 N–H and O–H groups in total. The molecule has 0 atom stereocenters. The number of amidine groups is 2. The summed E-state index contributed by atoms with van der Waals surface area (Å²) in [6, 6.07) is 22.7. The molecule has 0 spiro atoms. The van der Waals surface area contributed by atoms with Crippen LogP contribution in [0.3, 0.4) is 0 Å². The van der Waals surface area contributed by atoms with Gasteiger partial charge in [-0.15, -0.1) is 0 Å². The molecule has 13 rings (SSSR count). The van der Waals surface area contributed by atoms with Crippen molar-refractivity contribution in [2.45, 2.75) is 77.3 Å². The van der Waals surface area contributed by atoms with Crippen molar-refractivity contribution in [3.8, 4) is 17.5 Å². The fourth-order valence-corrected chi connectivity index (χ4v) is 8.80. The van der Waals surface area contributed by atoms with Gasteiger partial charge in [0.25, 0.3) is 5.97 Å². The number of nitrogen functional groups attached to an aromatic ring is 1. The number of halogens is 19. The van der Waals surface area contributed by atoms with E-state index in [1.165, 1.54) is 73.6 Å². The molecule has 11 aromatic rings. The average Bonchev–Trinajstić information content (AvgIpc) is 1.64. The Morgan fingerprint density at radius 1 is 0.593 bits per heavy atom. The van der Waals surface area contributed by atoms with Crippen LogP contribution in [0.5, 0.6) is 0 Å². The number of nitrogens with one attached hydrogen (secondary N) is 7. The quantitative estimate of drug-likeness (QED) is 0.0195. The van der Waals surface area contributed by atoms with E-state index in [0.717, 1.165) is 48.9 Å². The van der Waals surface area contributed by atoms with Crippen LogP contribution in [0.2, 0.25) is 5.02 Å². The van der Waals surface area contributed by atoms with Gasteiger partial charge in [-0.25, -0.2) is 39.7 Å². The zero-order valence-corrected chi connectivity index (χ0v) is 55.9. The number of ether oxygens (including phenoxy) is 1. The molecule has 44 heteroatoms. The number of carboxylic acid groups (broad SMARTS) is 1. The summed E-state index contributed by atoms with van der Waals surface area (Å²) >= 11 is 5.69. The van der Waals surface area contributed by atoms with Gasteiger partial charge in [0.1, 0.15) is 79.7 Å². The smallest absolute Gasteiger partial charge is 0.433 e. The highest BCUT2D eigenvalue weighted by Crippen LogP contribution is 2.37. The van der Waals surface area contributed by atoms with Crippen molar-refractivity contribution in [2.75, 3.05) is 5.32 Å². The second kappa shape index (κ2) is 33.9. The molecular weight excluding hydrogens is 1510 g/mol. The molecule has 0 fully saturated rings. The Morgan fingerprint density at radius 3 is 1.45 bits per heavy atom. The van der Waals surface area contributed by atoms with Crippen LogP contribution in [0.4, 0.5) is 89.6 Å². The van der Waals surface area contributed by atoms with Crippen molar-refractivity contribution in [1.82, 2.24) is 64.5 Å². The average molecular weight is 1970 g/mol. The molecule has 11 aromatic heterocycles. The summed E-state index contributed by atoms with van der Waals surface area (Å²) in [6.45, 7) is 8.41. The number of aryl methyl sites for hydroxylation is 1. The molecule has 1 amide bonds. The highest BCUT2D eigenvalue weighted by molar-refractivity contribution is 6.35. The summed E-state index contributed by atoms with van der Waals surface area (Å²) in [7, 11) is 0. The lowest BCUT2D eigenvalue weighted by molar-refractivity contribution is -0.141. The molecule has 0 aromatic carbocycles. The number of carboxylic acids is 1. The number of nitrogens with two attached hydrogens (primary N) is 2. The molecule has 0 saturated heterocycles. The van der Waals surface area contributed by atoms with Gasteiger partial charge in [-0.05, 0) is 124 Å². The first kappa shape index (κ1) is 21.5. The number of H-pyrrole nitrogens is 5. The van der Waals surface area contributed by atoms with Gasteiger partial charge < -0.3 is 56.6 Å². The minimum absolute atomic E-state index is 0. The van der Waals surface area contributed by atoms with E-state index in [-0.39, 0.29) is 100 Å². The summed E-state index contributed by atoms with van der Waals surface area (Å²) in [6.07, 6.45) is -17.6. The Bertz CT molecular complexity index is 5550. The third-order valence-electron chi connectivity index (χ3n) is 13.2. The standard InChI is InChI=1S/C11H16N2O2.C9H7F3N4O.C9H7F3N4.C9H4F3N3.C8H4ClF3N2.C8H5F3N2O.C8H5F3N2.C2H4O2.102H2/c1-8-6-5-7-12-9(8)13-10(14)15-11(2,3)4;10-9(11,12)6-3-5-4(7(13)16-17)1-2-14-8(5)15-6;10-9(11,12)6-3-5-4(7(13)14)1-2-15-8(5)16-6;10-9(11,12)7-3-6-5(4-13)1-2-14-8(6)15-7;9-5-1-2-13-7-4(5)3-6(14-7)8(10,11)12;9-8(10,11)6-4-5-2-1-3-13(14)7(5)12-6;9-8(10,11)6-4-5-2-1-3-12-7(5)13-6;1-2(3)4;;;;;;;;;;;;;;;;;;;;;;;;;;;;;;;;;;;;;;;;;;;;;;;;;;;;;;;;;;;;;;;;;;;;;;;;;;;;;;;;;;;;;;;;;;;;;;;;;;;;;;/h5-7H,1-4H3,(H,12,13,14);1-3,17H,(H2,13,16)(H,14,15);1-3H,(H3,13,14)(H,15,16);1-3H,(H,14,15);1-3H,(H,13,14);1-4,14H;1-4H,(H,12,13);1H3,(H,3,4);102*1H/i;;;;;;;;98*1+1D;4*1+1. The molecule has 0 saturated carbocycles. The molecule has 108 heavy (non-hydrogen) atoms. The third-order valence-corrected chi connectivity index (χ3v) is 13.5. The number of aromatic amines is 5. The molecule has 13 heterocycles. The van der Waals surface area contributed by atoms with E-state index in [2.05, 4.69) is 70.3 Å². The third kappa shape index (κ3) is 23.3. The molecule has 25 nitrogen and oxygen atoms in total. The Kier molecular flexibility index (Phi) is 6.73. The molecule has 2 aliphatic heterocycles. The van der Waals surface area contributed by atoms with Crippen LogP contribution in [0.25, 0.3) is 66.6 Å². The minimum Gasteiger partial charge on any atom is -0.481 e. The van der Waals surface area contributed by atoms with Gasteiger partial charge in [-0.1, -0.05) is 22.8 Å². The number of alkyl halides is 18. The van der Waals surface area contributed by atoms with Gasteiger partial charge in [0.05, 0.1) is 16.7 Å². The maximum Gasteiger partial charge on any atom is 0.433 e. The van der Waals surface area contributed by atoms with Gasteiger partial charge in [0.2, 0.25) is 0 Å². The predicted molar refractivity (Wildman–Crippen MR) is 568 cm³/mol. The number of anilines is 1. The molecule has 0 aliphatic carbocycles. The summed E-state index contributed by atoms with van der Waals surface area (Å²) in [5.41, 5.74) is 7.11. The van der Waals surface area contributed by atoms with Crippen LogP contribution in [0, 0.1) is 23.7 Å². The first-order valence-electron chi connectivity index (χ1n) is 127. The van der Waals surface area contributed by atoms with Gasteiger partial charge >= 0.3 is 43.2 Å². The maximum absolute atomic E-state index is 12.5. The van der Waals surface area contributed by atoms with E-state index in [9.17, 15) is 83.8 Å². The van der Waals surface area contributed by atoms with Crippen molar-refractivity contribution in [3.63, 3.8) is 0 Å². The molecule has 0 bridgehead atoms. The number of hydrogen-bond acceptors (Lipinski definition) is 15. The molecule has 776 valence electrons. The summed E-state index contributed by atoms with van der Waals surface area (Å²) < 4.78 is 1210. The maximum atomic E-state index is 12.5. The van der Waals surface area contributed by atoms with Crippen LogP contribution in [-0.2, 0) is 46.6 Å². The molecule has 0 unspecified atom stereocenters. The molecular formula is C64H256ClF18N19O6. The number of rotatable bonds is 3. The van der Waals surface area contributed by atoms with E-state index >= 15 is 0 Å². The Hall–Kier alpha value is -12.9. The second-order valence-corrected chi connectivity index (χ2v) is 22.8. The number of oxime groups is 1. The van der Waals surface area contributed by atoms with Gasteiger partial charge in [-0.3, -0.25) is 15.5 Å². The normalized spacial score (nSPS) is 19.1. The van der Waals surface area contributed by atoms with Crippen molar-refractivity contribution in [2.24, 2.45) is 16.6 Å². The number of nitriles is 1. The highest BCUT2D eigenvalue weighted by atomic mass is 35.5. The number of aromatic nitrogens is 13. The second-order valence-electron chi connectivity index (χ2n) is 22.4. The van der Waals surface area contributed by atoms with E-state index in [0.29, 0.717) is 15.9 Å². The summed E-state index contributed by atoms with van der Waals surface area (Å²) in [5.74, 6) is -0.961. The summed E-state index contributed by atoms with van der Waals surface area (Å²) in [4.78, 5) is 57.2. The SMILES string of the molecule is CC(=O)O.Cc1cccnc1NC(=O)OC(C)(C)C.FC(F)(F)c1cc2c(Cl)ccnc2[nH]1.FC(F)(F)c1cc2cccnc2[nH]1.N#Cc1ccnc2[nH]c(C(F)(F)F)cc12.N=C(N)c1ccnc2[nH]c(C(F)(F)F)cc12.NC(=NO)c1ccnc2[nH]c(C(F)(F)F)cc12.On1cccc2cc(C(F)(F)F)nc1-2.[2HH].[2HH].[2HH].[2HH].[2H][2H].[2H][2H].[2H][2H].[2H][2H].[2H][2H].[2H][2H].[2H][2H].[2H][2H].[2H][2H].[2H][2H].[2H][2H].[2H][2H].[2H][2H].[2H][2H].[2H][2H].[2H][2H].[2H][2H].[2H][2H].[2H][2H].[2H][2H].[2H][2H].[2H][2H].[2H][2H].[2H][2H].[2H][2H].[2H][2H].[2H][2H].[2H][2H].[2H][2H].[2H][2H].[2H][2H].[2H][2H].[2H][2H].[2H][2H].[2H][2H].[2H][2H].[2H][2H].[2H][2H].[2H][2H].[2H][2H].[2H][2H].[2H][2H].[2H][2H].[2H][2H].[2H][2H].[2H][2H].[2H][2H].[2H][2H].[2H][2H].[2H][2H].[2H][2H].[2H][2H].[2H][2H].[2H][2H].[2H][2H].[2H][2H].[2H][2H].[2H][2H].[2H][2H].[2H][2H].[2H][2H].[2H][2H].[2H][2H].[2H][2H].[2H][2H].[2H][2H].[2H][2H].[2H][2H].[2H][2H].[2H][2H].[2H][2H].[2H][2H].[2H][2H].[2H][2H].[2H][2H].[2H][2H].[2H][2H].[2H][2H].[2H][2H].[2H][2H].[2H][2H].[2H][2H].[2H][2H].[2H][2H].[2H][2H].[2H][2H].[2H][2H].[2H][2H].[2H][2H].[2H][2H].[2H][2H].[2H][2H].[2H][2H].[2H][2H].[2H][2H].[2H][2H].[2H][2H].[2H][2H]. The van der Waals surface area contributed by atoms with Crippen LogP contribution in [0.1, 0.15) is 381 Å². The lowest BCUT2D eigenvalue weighted by atomic mass is 10.1. The fraction of sp³-hybridized carbons (Fsp3) is 0.188. The van der Waals surface area contributed by atoms with Gasteiger partial charge in [-0.2, -0.15) is 89.0 Å². The number of carbonyl (C=O) groups is 2. The van der Waals surface area contributed by atoms with Gasteiger partial charge in [0.15, 0.2) is 11.7 Å². The van der Waals surface area contributed by atoms with E-state index in [4.69, 9.17) is 350 Å². The van der Waals surface area contributed by atoms with Crippen LogP contribution < -0.4 is 16.8 Å². The number of carbonyl (C=O) groups excluding carboxylic acids is 1. The minimum atomic E-state index is -4.50. The van der Waals surface area contributed by atoms with Crippen LogP contribution in [0.15, 0.2) is 146 Å². The Morgan fingerprint density at radius 2 is 1.01 bits per heavy atom. The lowest BCUT2D eigenvalue weighted by Crippen LogP contribution is -2.27. The molecule has 0 radical (unpaired) electrons. The van der Waals surface area contributed by atoms with E-state index in [1.54, 1.807) is 18.3 Å². The number of hydrogen-bond donors (Lipinski definition) is 12. The zero-order chi connectivity index (χ0) is 277. The van der Waals surface area contributed by atoms with Crippen molar-refractivity contribution in [1.29, 1.82) is 10.7 Å².